The predicted octanol–water partition coefficient (Wildman–Crippen LogP) is 6.11. The first-order valence-corrected chi connectivity index (χ1v) is 10.2. The highest BCUT2D eigenvalue weighted by Crippen LogP contribution is 2.22. The lowest BCUT2D eigenvalue weighted by atomic mass is 10.1. The normalized spacial score (nSPS) is 10.5. The van der Waals surface area contributed by atoms with E-state index >= 15 is 0 Å². The number of aryl methyl sites for hydroxylation is 2. The average molecular weight is 445 g/mol. The summed E-state index contributed by atoms with van der Waals surface area (Å²) in [6.07, 6.45) is 0. The van der Waals surface area contributed by atoms with Gasteiger partial charge in [-0.2, -0.15) is 4.98 Å². The lowest BCUT2D eigenvalue weighted by molar-refractivity contribution is 0.101. The molecular weight excluding hydrogens is 424 g/mol. The molecule has 0 radical (unpaired) electrons. The molecule has 166 valence electrons. The summed E-state index contributed by atoms with van der Waals surface area (Å²) in [6, 6.07) is 19.7. The van der Waals surface area contributed by atoms with Crippen LogP contribution in [0.1, 0.15) is 21.6 Å². The van der Waals surface area contributed by atoms with Crippen LogP contribution in [0.5, 0.6) is 0 Å². The molecule has 1 heterocycles. The predicted molar refractivity (Wildman–Crippen MR) is 125 cm³/mol. The van der Waals surface area contributed by atoms with Crippen molar-refractivity contribution in [1.29, 1.82) is 0 Å². The van der Waals surface area contributed by atoms with Gasteiger partial charge >= 0.3 is 0 Å². The van der Waals surface area contributed by atoms with Crippen molar-refractivity contribution < 1.29 is 13.6 Å². The van der Waals surface area contributed by atoms with Gasteiger partial charge in [0.05, 0.1) is 0 Å². The standard InChI is InChI=1S/C25H21F2N5O/c1-15-6-8-17(9-7-15)29-22-14-16(2)28-25(32-22)31-19-12-10-18(11-13-19)30-24(33)23-20(26)4-3-5-21(23)27/h3-14H,1-2H3,(H,30,33)(H2,28,29,31,32). The number of carbonyl (C=O) groups excluding carboxylic acids is 1. The van der Waals surface area contributed by atoms with Crippen LogP contribution in [0.15, 0.2) is 72.8 Å². The van der Waals surface area contributed by atoms with Gasteiger partial charge in [0.15, 0.2) is 0 Å². The van der Waals surface area contributed by atoms with Crippen molar-refractivity contribution >= 4 is 34.7 Å². The van der Waals surface area contributed by atoms with Crippen molar-refractivity contribution in [3.63, 3.8) is 0 Å². The molecule has 8 heteroatoms. The van der Waals surface area contributed by atoms with Gasteiger partial charge in [-0.05, 0) is 62.4 Å². The Hall–Kier alpha value is -4.33. The van der Waals surface area contributed by atoms with Gasteiger partial charge in [-0.25, -0.2) is 13.8 Å². The molecule has 0 spiro atoms. The molecule has 1 aromatic heterocycles. The molecule has 33 heavy (non-hydrogen) atoms. The maximum Gasteiger partial charge on any atom is 0.261 e. The maximum atomic E-state index is 13.8. The van der Waals surface area contributed by atoms with E-state index in [4.69, 9.17) is 0 Å². The van der Waals surface area contributed by atoms with Crippen LogP contribution in [-0.2, 0) is 0 Å². The van der Waals surface area contributed by atoms with Crippen molar-refractivity contribution in [3.05, 3.63) is 101 Å². The number of nitrogens with one attached hydrogen (secondary N) is 3. The Balaban J connectivity index is 1.45. The number of amides is 1. The van der Waals surface area contributed by atoms with Gasteiger partial charge in [-0.1, -0.05) is 23.8 Å². The topological polar surface area (TPSA) is 78.9 Å². The molecule has 0 bridgehead atoms. The van der Waals surface area contributed by atoms with Gasteiger partial charge in [0.25, 0.3) is 5.91 Å². The van der Waals surface area contributed by atoms with E-state index in [1.807, 2.05) is 44.2 Å². The van der Waals surface area contributed by atoms with Crippen molar-refractivity contribution in [2.24, 2.45) is 0 Å². The highest BCUT2D eigenvalue weighted by atomic mass is 19.1. The first kappa shape index (κ1) is 21.9. The van der Waals surface area contributed by atoms with Crippen LogP contribution >= 0.6 is 0 Å². The van der Waals surface area contributed by atoms with E-state index in [0.717, 1.165) is 23.5 Å². The Morgan fingerprint density at radius 3 is 2.00 bits per heavy atom. The molecule has 4 aromatic rings. The lowest BCUT2D eigenvalue weighted by Crippen LogP contribution is -2.15. The van der Waals surface area contributed by atoms with Crippen LogP contribution in [0.2, 0.25) is 0 Å². The quantitative estimate of drug-likeness (QED) is 0.334. The van der Waals surface area contributed by atoms with Crippen LogP contribution in [0, 0.1) is 25.5 Å². The summed E-state index contributed by atoms with van der Waals surface area (Å²) in [5.41, 5.74) is 3.30. The van der Waals surface area contributed by atoms with Gasteiger partial charge in [0, 0.05) is 28.8 Å². The molecule has 4 rings (SSSR count). The van der Waals surface area contributed by atoms with E-state index in [1.165, 1.54) is 11.6 Å². The maximum absolute atomic E-state index is 13.8. The Morgan fingerprint density at radius 2 is 1.33 bits per heavy atom. The minimum Gasteiger partial charge on any atom is -0.340 e. The number of hydrogen-bond donors (Lipinski definition) is 3. The van der Waals surface area contributed by atoms with Gasteiger partial charge in [-0.3, -0.25) is 4.79 Å². The smallest absolute Gasteiger partial charge is 0.261 e. The average Bonchev–Trinajstić information content (AvgIpc) is 2.76. The number of halogens is 2. The zero-order valence-electron chi connectivity index (χ0n) is 18.0. The Morgan fingerprint density at radius 1 is 0.758 bits per heavy atom. The van der Waals surface area contributed by atoms with Crippen LogP contribution < -0.4 is 16.0 Å². The van der Waals surface area contributed by atoms with E-state index in [-0.39, 0.29) is 0 Å². The molecule has 3 N–H and O–H groups in total. The number of benzene rings is 3. The molecule has 0 aliphatic heterocycles. The Bertz CT molecular complexity index is 1270. The highest BCUT2D eigenvalue weighted by molar-refractivity contribution is 6.04. The molecule has 0 atom stereocenters. The summed E-state index contributed by atoms with van der Waals surface area (Å²) in [7, 11) is 0. The third-order valence-electron chi connectivity index (χ3n) is 4.77. The number of aromatic nitrogens is 2. The lowest BCUT2D eigenvalue weighted by Gasteiger charge is -2.11. The van der Waals surface area contributed by atoms with Crippen LogP contribution in [0.3, 0.4) is 0 Å². The minimum atomic E-state index is -0.919. The van der Waals surface area contributed by atoms with E-state index in [0.29, 0.717) is 23.1 Å². The molecule has 0 fully saturated rings. The van der Waals surface area contributed by atoms with Gasteiger partial charge in [0.2, 0.25) is 5.95 Å². The molecule has 3 aromatic carbocycles. The van der Waals surface area contributed by atoms with Gasteiger partial charge in [0.1, 0.15) is 23.0 Å². The van der Waals surface area contributed by atoms with Gasteiger partial charge < -0.3 is 16.0 Å². The van der Waals surface area contributed by atoms with Crippen LogP contribution in [-0.4, -0.2) is 15.9 Å². The summed E-state index contributed by atoms with van der Waals surface area (Å²) in [5, 5.41) is 8.86. The van der Waals surface area contributed by atoms with Crippen molar-refractivity contribution in [2.75, 3.05) is 16.0 Å². The molecule has 6 nitrogen and oxygen atoms in total. The van der Waals surface area contributed by atoms with Crippen LogP contribution in [0.25, 0.3) is 0 Å². The molecule has 0 aliphatic rings. The number of carbonyl (C=O) groups is 1. The highest BCUT2D eigenvalue weighted by Gasteiger charge is 2.17. The number of anilines is 5. The van der Waals surface area contributed by atoms with Crippen molar-refractivity contribution in [2.45, 2.75) is 13.8 Å². The second kappa shape index (κ2) is 9.44. The Kier molecular flexibility index (Phi) is 6.26. The number of nitrogens with zero attached hydrogens (tertiary/aromatic N) is 2. The molecule has 0 saturated carbocycles. The third-order valence-corrected chi connectivity index (χ3v) is 4.77. The largest absolute Gasteiger partial charge is 0.340 e. The molecular formula is C25H21F2N5O. The SMILES string of the molecule is Cc1ccc(Nc2cc(C)nc(Nc3ccc(NC(=O)c4c(F)cccc4F)cc3)n2)cc1. The zero-order valence-corrected chi connectivity index (χ0v) is 18.0. The summed E-state index contributed by atoms with van der Waals surface area (Å²) in [5.74, 6) is -1.66. The van der Waals surface area contributed by atoms with E-state index in [1.54, 1.807) is 24.3 Å². The van der Waals surface area contributed by atoms with Gasteiger partial charge in [-0.15, -0.1) is 0 Å². The number of rotatable bonds is 6. The molecule has 0 unspecified atom stereocenters. The monoisotopic (exact) mass is 445 g/mol. The van der Waals surface area contributed by atoms with Crippen LogP contribution in [0.4, 0.5) is 37.6 Å². The molecule has 1 amide bonds. The summed E-state index contributed by atoms with van der Waals surface area (Å²) < 4.78 is 27.6. The van der Waals surface area contributed by atoms with E-state index in [2.05, 4.69) is 25.9 Å². The summed E-state index contributed by atoms with van der Waals surface area (Å²) >= 11 is 0. The third kappa shape index (κ3) is 5.48. The Labute approximate surface area is 189 Å². The summed E-state index contributed by atoms with van der Waals surface area (Å²) in [6.45, 7) is 3.89. The zero-order chi connectivity index (χ0) is 23.4. The minimum absolute atomic E-state index is 0.389. The van der Waals surface area contributed by atoms with Crippen molar-refractivity contribution in [3.8, 4) is 0 Å². The fourth-order valence-electron chi connectivity index (χ4n) is 3.15. The summed E-state index contributed by atoms with van der Waals surface area (Å²) in [4.78, 5) is 21.1. The number of hydrogen-bond acceptors (Lipinski definition) is 5. The first-order valence-electron chi connectivity index (χ1n) is 10.2. The molecule has 0 aliphatic carbocycles. The van der Waals surface area contributed by atoms with E-state index in [9.17, 15) is 13.6 Å². The van der Waals surface area contributed by atoms with E-state index < -0.39 is 23.1 Å². The fraction of sp³-hybridized carbons (Fsp3) is 0.0800. The van der Waals surface area contributed by atoms with Crippen molar-refractivity contribution in [1.82, 2.24) is 9.97 Å². The fourth-order valence-corrected chi connectivity index (χ4v) is 3.15. The second-order valence-electron chi connectivity index (χ2n) is 7.46. The second-order valence-corrected chi connectivity index (χ2v) is 7.46. The first-order chi connectivity index (χ1) is 15.9. The molecule has 0 saturated heterocycles.